The van der Waals surface area contributed by atoms with Crippen LogP contribution in [0.25, 0.3) is 0 Å². The number of nitrogens with zero attached hydrogens (tertiary/aromatic N) is 3. The summed E-state index contributed by atoms with van der Waals surface area (Å²) in [5.41, 5.74) is 2.32. The number of rotatable bonds is 3. The molecule has 1 aliphatic rings. The highest BCUT2D eigenvalue weighted by Gasteiger charge is 2.10. The summed E-state index contributed by atoms with van der Waals surface area (Å²) in [7, 11) is 0. The van der Waals surface area contributed by atoms with E-state index < -0.39 is 0 Å². The van der Waals surface area contributed by atoms with Crippen molar-refractivity contribution in [2.24, 2.45) is 0 Å². The third-order valence-electron chi connectivity index (χ3n) is 3.64. The van der Waals surface area contributed by atoms with Crippen LogP contribution in [0.5, 0.6) is 0 Å². The Kier molecular flexibility index (Phi) is 4.11. The topological polar surface area (TPSA) is 41.1 Å². The van der Waals surface area contributed by atoms with Crippen LogP contribution in [0.3, 0.4) is 0 Å². The molecule has 0 unspecified atom stereocenters. The molecule has 3 rings (SSSR count). The van der Waals surface area contributed by atoms with E-state index in [2.05, 4.69) is 44.5 Å². The van der Waals surface area contributed by atoms with E-state index in [1.807, 2.05) is 6.07 Å². The van der Waals surface area contributed by atoms with Gasteiger partial charge in [-0.05, 0) is 37.1 Å². The van der Waals surface area contributed by atoms with Crippen LogP contribution in [0, 0.1) is 0 Å². The third-order valence-corrected chi connectivity index (χ3v) is 3.64. The Balaban J connectivity index is 1.75. The molecule has 1 saturated heterocycles. The number of anilines is 3. The predicted octanol–water partition coefficient (Wildman–Crippen LogP) is 3.60. The monoisotopic (exact) mass is 268 g/mol. The van der Waals surface area contributed by atoms with Crippen molar-refractivity contribution in [3.05, 3.63) is 42.7 Å². The molecule has 1 aromatic carbocycles. The Morgan fingerprint density at radius 3 is 2.40 bits per heavy atom. The summed E-state index contributed by atoms with van der Waals surface area (Å²) < 4.78 is 0. The van der Waals surface area contributed by atoms with Gasteiger partial charge in [0, 0.05) is 36.9 Å². The minimum absolute atomic E-state index is 0.639. The Hall–Kier alpha value is -2.10. The van der Waals surface area contributed by atoms with Gasteiger partial charge in [0.05, 0.1) is 0 Å². The molecule has 0 saturated carbocycles. The van der Waals surface area contributed by atoms with Gasteiger partial charge in [-0.2, -0.15) is 0 Å². The number of aromatic nitrogens is 2. The van der Waals surface area contributed by atoms with Crippen molar-refractivity contribution in [1.29, 1.82) is 0 Å². The second-order valence-electron chi connectivity index (χ2n) is 5.15. The standard InChI is InChI=1S/C16H20N4/c1-2-4-12-20(11-3-1)15-8-5-7-14(13-15)19-16-17-9-6-10-18-16/h5-10,13H,1-4,11-12H2,(H,17,18,19). The zero-order valence-corrected chi connectivity index (χ0v) is 11.6. The molecule has 4 heteroatoms. The van der Waals surface area contributed by atoms with E-state index in [9.17, 15) is 0 Å². The number of hydrogen-bond acceptors (Lipinski definition) is 4. The molecule has 0 bridgehead atoms. The van der Waals surface area contributed by atoms with Crippen LogP contribution in [0.15, 0.2) is 42.7 Å². The second kappa shape index (κ2) is 6.37. The third kappa shape index (κ3) is 3.26. The van der Waals surface area contributed by atoms with Crippen molar-refractivity contribution in [3.8, 4) is 0 Å². The quantitative estimate of drug-likeness (QED) is 0.923. The van der Waals surface area contributed by atoms with Crippen molar-refractivity contribution < 1.29 is 0 Å². The lowest BCUT2D eigenvalue weighted by atomic mass is 10.2. The summed E-state index contributed by atoms with van der Waals surface area (Å²) in [5, 5.41) is 3.25. The molecular formula is C16H20N4. The molecule has 104 valence electrons. The van der Waals surface area contributed by atoms with Gasteiger partial charge in [0.1, 0.15) is 0 Å². The molecule has 0 radical (unpaired) electrons. The molecule has 4 nitrogen and oxygen atoms in total. The fourth-order valence-corrected chi connectivity index (χ4v) is 2.60. The Bertz CT molecular complexity index is 533. The molecule has 20 heavy (non-hydrogen) atoms. The largest absolute Gasteiger partial charge is 0.371 e. The first kappa shape index (κ1) is 12.9. The van der Waals surface area contributed by atoms with Gasteiger partial charge in [-0.25, -0.2) is 9.97 Å². The molecule has 0 atom stereocenters. The molecule has 1 aliphatic heterocycles. The lowest BCUT2D eigenvalue weighted by molar-refractivity contribution is 0.726. The van der Waals surface area contributed by atoms with Crippen LogP contribution < -0.4 is 10.2 Å². The van der Waals surface area contributed by atoms with Gasteiger partial charge in [0.2, 0.25) is 5.95 Å². The molecule has 2 heterocycles. The van der Waals surface area contributed by atoms with Gasteiger partial charge in [0.15, 0.2) is 0 Å². The Labute approximate surface area is 119 Å². The van der Waals surface area contributed by atoms with Crippen molar-refractivity contribution in [2.45, 2.75) is 25.7 Å². The van der Waals surface area contributed by atoms with Gasteiger partial charge in [-0.15, -0.1) is 0 Å². The maximum absolute atomic E-state index is 4.20. The average molecular weight is 268 g/mol. The minimum atomic E-state index is 0.639. The summed E-state index contributed by atoms with van der Waals surface area (Å²) in [4.78, 5) is 10.9. The van der Waals surface area contributed by atoms with E-state index in [1.54, 1.807) is 12.4 Å². The van der Waals surface area contributed by atoms with Crippen molar-refractivity contribution in [2.75, 3.05) is 23.3 Å². The zero-order valence-electron chi connectivity index (χ0n) is 11.6. The molecular weight excluding hydrogens is 248 g/mol. The first-order valence-electron chi connectivity index (χ1n) is 7.31. The maximum atomic E-state index is 4.20. The lowest BCUT2D eigenvalue weighted by Crippen LogP contribution is -2.23. The van der Waals surface area contributed by atoms with Crippen molar-refractivity contribution in [1.82, 2.24) is 9.97 Å². The number of hydrogen-bond donors (Lipinski definition) is 1. The zero-order chi connectivity index (χ0) is 13.6. The van der Waals surface area contributed by atoms with E-state index >= 15 is 0 Å². The Morgan fingerprint density at radius 1 is 0.900 bits per heavy atom. The van der Waals surface area contributed by atoms with Crippen LogP contribution >= 0.6 is 0 Å². The smallest absolute Gasteiger partial charge is 0.227 e. The molecule has 1 N–H and O–H groups in total. The van der Waals surface area contributed by atoms with Crippen LogP contribution in [0.4, 0.5) is 17.3 Å². The van der Waals surface area contributed by atoms with E-state index in [1.165, 1.54) is 31.4 Å². The first-order chi connectivity index (χ1) is 9.92. The van der Waals surface area contributed by atoms with E-state index in [0.717, 1.165) is 18.8 Å². The summed E-state index contributed by atoms with van der Waals surface area (Å²) in [6, 6.07) is 10.3. The van der Waals surface area contributed by atoms with E-state index in [4.69, 9.17) is 0 Å². The highest BCUT2D eigenvalue weighted by Crippen LogP contribution is 2.23. The molecule has 0 aliphatic carbocycles. The highest BCUT2D eigenvalue weighted by molar-refractivity contribution is 5.62. The normalized spacial score (nSPS) is 15.7. The van der Waals surface area contributed by atoms with E-state index in [0.29, 0.717) is 5.95 Å². The van der Waals surface area contributed by atoms with Crippen LogP contribution in [-0.2, 0) is 0 Å². The summed E-state index contributed by atoms with van der Waals surface area (Å²) in [6.07, 6.45) is 8.78. The average Bonchev–Trinajstić information content (AvgIpc) is 2.78. The van der Waals surface area contributed by atoms with Gasteiger partial charge >= 0.3 is 0 Å². The van der Waals surface area contributed by atoms with Gasteiger partial charge in [0.25, 0.3) is 0 Å². The number of benzene rings is 1. The maximum Gasteiger partial charge on any atom is 0.227 e. The first-order valence-corrected chi connectivity index (χ1v) is 7.31. The summed E-state index contributed by atoms with van der Waals surface area (Å²) in [6.45, 7) is 2.32. The highest BCUT2D eigenvalue weighted by atomic mass is 15.1. The summed E-state index contributed by atoms with van der Waals surface area (Å²) >= 11 is 0. The molecule has 0 spiro atoms. The number of nitrogens with one attached hydrogen (secondary N) is 1. The van der Waals surface area contributed by atoms with Gasteiger partial charge in [-0.1, -0.05) is 18.9 Å². The molecule has 0 amide bonds. The summed E-state index contributed by atoms with van der Waals surface area (Å²) in [5.74, 6) is 0.639. The van der Waals surface area contributed by atoms with Gasteiger partial charge < -0.3 is 10.2 Å². The minimum Gasteiger partial charge on any atom is -0.371 e. The molecule has 2 aromatic rings. The SMILES string of the molecule is c1cnc(Nc2cccc(N3CCCCCC3)c2)nc1. The Morgan fingerprint density at radius 2 is 1.65 bits per heavy atom. The molecule has 1 aromatic heterocycles. The van der Waals surface area contributed by atoms with Crippen molar-refractivity contribution in [3.63, 3.8) is 0 Å². The predicted molar refractivity (Wildman–Crippen MR) is 82.4 cm³/mol. The van der Waals surface area contributed by atoms with E-state index in [-0.39, 0.29) is 0 Å². The van der Waals surface area contributed by atoms with Crippen LogP contribution in [-0.4, -0.2) is 23.1 Å². The lowest BCUT2D eigenvalue weighted by Gasteiger charge is -2.23. The van der Waals surface area contributed by atoms with Crippen LogP contribution in [0.1, 0.15) is 25.7 Å². The fraction of sp³-hybridized carbons (Fsp3) is 0.375. The fourth-order valence-electron chi connectivity index (χ4n) is 2.60. The second-order valence-corrected chi connectivity index (χ2v) is 5.15. The van der Waals surface area contributed by atoms with Crippen LogP contribution in [0.2, 0.25) is 0 Å². The molecule has 1 fully saturated rings. The van der Waals surface area contributed by atoms with Crippen molar-refractivity contribution >= 4 is 17.3 Å². The van der Waals surface area contributed by atoms with Gasteiger partial charge in [-0.3, -0.25) is 0 Å².